The highest BCUT2D eigenvalue weighted by atomic mass is 35.5. The second-order valence-corrected chi connectivity index (χ2v) is 8.09. The van der Waals surface area contributed by atoms with Crippen molar-refractivity contribution in [1.82, 2.24) is 0 Å². The lowest BCUT2D eigenvalue weighted by Gasteiger charge is -2.35. The van der Waals surface area contributed by atoms with Crippen LogP contribution in [0.1, 0.15) is 0 Å². The fraction of sp³-hybridized carbons (Fsp3) is 0.714. The number of ether oxygens (including phenoxy) is 1. The van der Waals surface area contributed by atoms with Crippen LogP contribution in [0.25, 0.3) is 0 Å². The topological polar surface area (TPSA) is 12.5 Å². The first-order valence-corrected chi connectivity index (χ1v) is 6.94. The van der Waals surface area contributed by atoms with E-state index in [4.69, 9.17) is 97.5 Å². The van der Waals surface area contributed by atoms with Crippen molar-refractivity contribution in [2.24, 2.45) is 0 Å². The summed E-state index contributed by atoms with van der Waals surface area (Å²) < 4.78 is 3.42. The molecule has 4 atom stereocenters. The van der Waals surface area contributed by atoms with E-state index in [2.05, 4.69) is 0 Å². The van der Waals surface area contributed by atoms with Gasteiger partial charge in [-0.2, -0.15) is 0 Å². The van der Waals surface area contributed by atoms with Gasteiger partial charge in [-0.05, 0) is 0 Å². The van der Waals surface area contributed by atoms with Crippen LogP contribution in [-0.4, -0.2) is 24.2 Å². The molecule has 9 heteroatoms. The van der Waals surface area contributed by atoms with E-state index in [1.54, 1.807) is 0 Å². The summed E-state index contributed by atoms with van der Waals surface area (Å²) in [5.74, 6) is 0. The van der Waals surface area contributed by atoms with Crippen molar-refractivity contribution in [3.05, 3.63) is 10.1 Å². The molecular formula is C7Cl8O. The van der Waals surface area contributed by atoms with Gasteiger partial charge in [0.15, 0.2) is 14.1 Å². The van der Waals surface area contributed by atoms with Crippen molar-refractivity contribution in [1.29, 1.82) is 0 Å². The molecule has 3 aliphatic rings. The highest BCUT2D eigenvalue weighted by molar-refractivity contribution is 6.70. The molecule has 2 aliphatic carbocycles. The third-order valence-electron chi connectivity index (χ3n) is 3.20. The molecule has 1 heterocycles. The average Bonchev–Trinajstić information content (AvgIpc) is 2.73. The summed E-state index contributed by atoms with van der Waals surface area (Å²) in [4.78, 5) is -3.35. The zero-order valence-electron chi connectivity index (χ0n) is 6.93. The summed E-state index contributed by atoms with van der Waals surface area (Å²) in [5, 5.41) is -3.22. The van der Waals surface area contributed by atoms with E-state index in [0.29, 0.717) is 0 Å². The molecule has 1 aliphatic heterocycles. The molecule has 0 unspecified atom stereocenters. The molecule has 0 spiro atoms. The Morgan fingerprint density at radius 1 is 0.688 bits per heavy atom. The molecule has 16 heavy (non-hydrogen) atoms. The molecule has 0 N–H and O–H groups in total. The Morgan fingerprint density at radius 3 is 1.25 bits per heavy atom. The van der Waals surface area contributed by atoms with Crippen molar-refractivity contribution >= 4 is 92.8 Å². The van der Waals surface area contributed by atoms with E-state index >= 15 is 0 Å². The number of alkyl halides is 6. The van der Waals surface area contributed by atoms with Crippen LogP contribution in [0.2, 0.25) is 0 Å². The molecule has 1 nitrogen and oxygen atoms in total. The molecule has 0 radical (unpaired) electrons. The second-order valence-electron chi connectivity index (χ2n) is 3.81. The number of epoxide rings is 1. The van der Waals surface area contributed by atoms with Gasteiger partial charge in [-0.3, -0.25) is 0 Å². The summed E-state index contributed by atoms with van der Waals surface area (Å²) in [6.07, 6.45) is 0. The Labute approximate surface area is 131 Å². The summed E-state index contributed by atoms with van der Waals surface area (Å²) >= 11 is 49.1. The quantitative estimate of drug-likeness (QED) is 0.435. The van der Waals surface area contributed by atoms with Gasteiger partial charge in [0.25, 0.3) is 0 Å². The lowest BCUT2D eigenvalue weighted by Crippen LogP contribution is -2.50. The molecular weight excluding hydrogens is 384 g/mol. The monoisotopic (exact) mass is 380 g/mol. The van der Waals surface area contributed by atoms with Crippen LogP contribution in [0.5, 0.6) is 0 Å². The number of halogens is 8. The number of hydrogen-bond acceptors (Lipinski definition) is 1. The van der Waals surface area contributed by atoms with Crippen LogP contribution in [0.4, 0.5) is 0 Å². The fourth-order valence-electron chi connectivity index (χ4n) is 2.25. The maximum absolute atomic E-state index is 6.28. The number of fused-ring (bicyclic) bond motifs is 5. The minimum atomic E-state index is -1.76. The Balaban J connectivity index is 2.41. The average molecular weight is 384 g/mol. The summed E-state index contributed by atoms with van der Waals surface area (Å²) in [5.41, 5.74) is 0. The molecule has 1 saturated carbocycles. The zero-order chi connectivity index (χ0) is 12.4. The Hall–Kier alpha value is 2.02. The SMILES string of the molecule is ClC1=C(Cl)[C@]2(Cl)C(Cl)(Cl)[C@@]1(Cl)[C@]1(Cl)O[C@@]12Cl. The van der Waals surface area contributed by atoms with Crippen LogP contribution < -0.4 is 0 Å². The molecule has 2 bridgehead atoms. The third-order valence-corrected chi connectivity index (χ3v) is 8.98. The largest absolute Gasteiger partial charge is 0.324 e. The Morgan fingerprint density at radius 2 is 1.00 bits per heavy atom. The minimum absolute atomic E-state index is 0.0420. The smallest absolute Gasteiger partial charge is 0.216 e. The summed E-state index contributed by atoms with van der Waals surface area (Å²) in [6.45, 7) is 0. The van der Waals surface area contributed by atoms with Crippen LogP contribution in [0, 0.1) is 0 Å². The van der Waals surface area contributed by atoms with Crippen LogP contribution in [0.3, 0.4) is 0 Å². The predicted octanol–water partition coefficient (Wildman–Crippen LogP) is 4.73. The van der Waals surface area contributed by atoms with Crippen LogP contribution in [-0.2, 0) is 4.74 Å². The van der Waals surface area contributed by atoms with Gasteiger partial charge in [0, 0.05) is 0 Å². The molecule has 0 aromatic heterocycles. The van der Waals surface area contributed by atoms with Crippen molar-refractivity contribution in [2.75, 3.05) is 0 Å². The maximum Gasteiger partial charge on any atom is 0.216 e. The van der Waals surface area contributed by atoms with E-state index in [1.807, 2.05) is 0 Å². The highest BCUT2D eigenvalue weighted by Gasteiger charge is 3.03. The van der Waals surface area contributed by atoms with Crippen molar-refractivity contribution in [3.63, 3.8) is 0 Å². The molecule has 2 fully saturated rings. The van der Waals surface area contributed by atoms with Crippen LogP contribution >= 0.6 is 92.8 Å². The van der Waals surface area contributed by atoms with E-state index in [0.717, 1.165) is 0 Å². The first-order chi connectivity index (χ1) is 7.02. The first kappa shape index (κ1) is 13.0. The van der Waals surface area contributed by atoms with Gasteiger partial charge in [-0.1, -0.05) is 69.6 Å². The molecule has 0 amide bonds. The second kappa shape index (κ2) is 2.87. The van der Waals surface area contributed by atoms with Gasteiger partial charge in [0.2, 0.25) is 10.1 Å². The van der Waals surface area contributed by atoms with Gasteiger partial charge >= 0.3 is 0 Å². The normalized spacial score (nSPS) is 61.5. The van der Waals surface area contributed by atoms with E-state index < -0.39 is 24.2 Å². The van der Waals surface area contributed by atoms with Crippen LogP contribution in [0.15, 0.2) is 10.1 Å². The molecule has 1 saturated heterocycles. The molecule has 3 rings (SSSR count). The van der Waals surface area contributed by atoms with Crippen molar-refractivity contribution in [2.45, 2.75) is 24.2 Å². The van der Waals surface area contributed by atoms with E-state index in [-0.39, 0.29) is 10.1 Å². The Bertz CT molecular complexity index is 423. The van der Waals surface area contributed by atoms with E-state index in [9.17, 15) is 0 Å². The number of rotatable bonds is 0. The van der Waals surface area contributed by atoms with Crippen molar-refractivity contribution < 1.29 is 4.74 Å². The summed E-state index contributed by atoms with van der Waals surface area (Å²) in [6, 6.07) is 0. The minimum Gasteiger partial charge on any atom is -0.324 e. The molecule has 0 aromatic carbocycles. The highest BCUT2D eigenvalue weighted by Crippen LogP contribution is 2.89. The fourth-order valence-corrected chi connectivity index (χ4v) is 6.57. The lowest BCUT2D eigenvalue weighted by molar-refractivity contribution is 0.250. The van der Waals surface area contributed by atoms with Gasteiger partial charge in [-0.15, -0.1) is 23.2 Å². The van der Waals surface area contributed by atoms with Gasteiger partial charge in [0.05, 0.1) is 10.1 Å². The summed E-state index contributed by atoms with van der Waals surface area (Å²) in [7, 11) is 0. The van der Waals surface area contributed by atoms with E-state index in [1.165, 1.54) is 0 Å². The van der Waals surface area contributed by atoms with Gasteiger partial charge in [-0.25, -0.2) is 0 Å². The predicted molar refractivity (Wildman–Crippen MR) is 68.6 cm³/mol. The zero-order valence-corrected chi connectivity index (χ0v) is 13.0. The Kier molecular flexibility index (Phi) is 2.34. The first-order valence-electron chi connectivity index (χ1n) is 3.92. The third kappa shape index (κ3) is 0.805. The van der Waals surface area contributed by atoms with Gasteiger partial charge in [0.1, 0.15) is 0 Å². The van der Waals surface area contributed by atoms with Crippen molar-refractivity contribution in [3.8, 4) is 0 Å². The molecule has 90 valence electrons. The maximum atomic E-state index is 6.28. The lowest BCUT2D eigenvalue weighted by atomic mass is 10.1. The molecule has 0 aromatic rings. The van der Waals surface area contributed by atoms with Gasteiger partial charge < -0.3 is 4.74 Å². The standard InChI is InChI=1S/C7Cl8O/c8-1-2(9)4(11)5(12,13)3(1,10)6(14)7(4,15)16-6/t3-,4+,6+,7-. The number of hydrogen-bond donors (Lipinski definition) is 0.